The van der Waals surface area contributed by atoms with Gasteiger partial charge in [0.05, 0.1) is 10.8 Å². The second-order valence-electron chi connectivity index (χ2n) is 42.8. The zero-order valence-corrected chi connectivity index (χ0v) is 83.4. The van der Waals surface area contributed by atoms with Crippen molar-refractivity contribution in [2.24, 2.45) is 0 Å². The first-order valence-electron chi connectivity index (χ1n) is 51.5. The summed E-state index contributed by atoms with van der Waals surface area (Å²) in [5, 5.41) is 0. The van der Waals surface area contributed by atoms with Gasteiger partial charge in [-0.25, -0.2) is 0 Å². The molecule has 6 aliphatic carbocycles. The van der Waals surface area contributed by atoms with Crippen molar-refractivity contribution in [2.75, 3.05) is 9.80 Å². The van der Waals surface area contributed by atoms with Crippen LogP contribution in [0.3, 0.4) is 0 Å². The Morgan fingerprint density at radius 2 is 0.546 bits per heavy atom. The monoisotopic (exact) mass is 1830 g/mol. The first-order valence-corrected chi connectivity index (χ1v) is 51.5. The minimum atomic E-state index is -0.616. The summed E-state index contributed by atoms with van der Waals surface area (Å²) in [5.74, 6) is 5.35. The van der Waals surface area contributed by atoms with Crippen LogP contribution in [0.2, 0.25) is 0 Å². The van der Waals surface area contributed by atoms with E-state index in [1.165, 1.54) is 181 Å². The molecule has 0 aliphatic heterocycles. The molecule has 18 aromatic rings. The summed E-state index contributed by atoms with van der Waals surface area (Å²) in [6.07, 6.45) is 9.51. The van der Waals surface area contributed by atoms with Crippen molar-refractivity contribution >= 4 is 34.1 Å². The molecule has 0 fully saturated rings. The number of rotatable bonds is 24. The number of hydrogen-bond acceptors (Lipinski definition) is 4. The molecule has 6 atom stereocenters. The molecule has 6 aliphatic rings. The normalized spacial score (nSPS) is 16.6. The van der Waals surface area contributed by atoms with E-state index in [-0.39, 0.29) is 16.2 Å². The highest BCUT2D eigenvalue weighted by atomic mass is 16.5. The number of anilines is 6. The molecule has 4 heteroatoms. The largest absolute Gasteiger partial charge is 0.457 e. The van der Waals surface area contributed by atoms with Crippen LogP contribution >= 0.6 is 0 Å². The van der Waals surface area contributed by atoms with Crippen LogP contribution < -0.4 is 19.3 Å². The Kier molecular flexibility index (Phi) is 23.1. The van der Waals surface area contributed by atoms with Crippen molar-refractivity contribution in [2.45, 2.75) is 185 Å². The summed E-state index contributed by atoms with van der Waals surface area (Å²) < 4.78 is 13.3. The highest BCUT2D eigenvalue weighted by Crippen LogP contribution is 2.62. The summed E-state index contributed by atoms with van der Waals surface area (Å²) in [5.41, 5.74) is 45.6. The number of benzene rings is 18. The molecule has 6 unspecified atom stereocenters. The molecule has 0 bridgehead atoms. The summed E-state index contributed by atoms with van der Waals surface area (Å²) in [6, 6.07) is 155. The quantitative estimate of drug-likeness (QED) is 0.0602. The molecule has 694 valence electrons. The molecule has 0 spiro atoms. The van der Waals surface area contributed by atoms with Gasteiger partial charge in [-0.3, -0.25) is 0 Å². The van der Waals surface area contributed by atoms with Crippen molar-refractivity contribution in [3.63, 3.8) is 0 Å². The first kappa shape index (κ1) is 90.0. The second-order valence-corrected chi connectivity index (χ2v) is 42.8. The van der Waals surface area contributed by atoms with Crippen LogP contribution in [0.4, 0.5) is 34.1 Å². The highest BCUT2D eigenvalue weighted by Gasteiger charge is 2.50. The zero-order chi connectivity index (χ0) is 96.2. The lowest BCUT2D eigenvalue weighted by Gasteiger charge is -2.35. The van der Waals surface area contributed by atoms with E-state index in [1.807, 2.05) is 0 Å². The van der Waals surface area contributed by atoms with E-state index in [2.05, 4.69) is 505 Å². The lowest BCUT2D eigenvalue weighted by molar-refractivity contribution is 0.481. The maximum Gasteiger partial charge on any atom is 0.127 e. The topological polar surface area (TPSA) is 24.9 Å². The van der Waals surface area contributed by atoms with E-state index in [0.29, 0.717) is 23.7 Å². The van der Waals surface area contributed by atoms with Crippen molar-refractivity contribution in [1.29, 1.82) is 0 Å². The molecule has 141 heavy (non-hydrogen) atoms. The van der Waals surface area contributed by atoms with Crippen LogP contribution in [0.5, 0.6) is 23.0 Å². The minimum absolute atomic E-state index is 0.0160. The Morgan fingerprint density at radius 1 is 0.262 bits per heavy atom. The maximum atomic E-state index is 6.67. The maximum absolute atomic E-state index is 6.67. The fourth-order valence-corrected chi connectivity index (χ4v) is 24.8. The van der Waals surface area contributed by atoms with E-state index in [4.69, 9.17) is 9.47 Å². The molecule has 0 saturated heterocycles. The zero-order valence-electron chi connectivity index (χ0n) is 83.4. The van der Waals surface area contributed by atoms with E-state index < -0.39 is 10.8 Å². The molecular formula is C137H124N2O2. The van der Waals surface area contributed by atoms with Crippen molar-refractivity contribution in [3.8, 4) is 67.5 Å². The van der Waals surface area contributed by atoms with Gasteiger partial charge in [-0.1, -0.05) is 373 Å². The van der Waals surface area contributed by atoms with Crippen molar-refractivity contribution in [1.82, 2.24) is 0 Å². The van der Waals surface area contributed by atoms with Gasteiger partial charge < -0.3 is 19.3 Å². The van der Waals surface area contributed by atoms with Crippen LogP contribution in [-0.2, 0) is 52.8 Å². The third kappa shape index (κ3) is 15.8. The van der Waals surface area contributed by atoms with Crippen LogP contribution in [-0.4, -0.2) is 0 Å². The van der Waals surface area contributed by atoms with Gasteiger partial charge in [-0.15, -0.1) is 0 Å². The standard InChI is InChI=1S/C70H65NO.C67H59NO/c1-8-47(50-24-22-49-23-25-51(49)43-50)42-46(2)48-26-36-58(37-27-48)72-59-38-32-54(33-39-59)70(53-30-28-52(29-31-53)68(3,4)5)65-21-15-13-19-61(65)63-41-35-57(45-67(63)70)71(55-16-10-9-11-17-55)56-34-40-62-60-18-12-14-20-64(60)69(6,7)66(62)44-56;1-6-46(49-24-22-48-23-25-50(48)41-49)40-45(3)47-26-34-56(35-27-47)69-57-36-30-52(31-37-57)67(51-28-20-44(2)21-29-51)63-19-13-11-17-59(63)61-39-33-55(43-65(61)67)68(53-14-8-7-9-15-53)54-32-38-60-58-16-10-12-18-62(58)66(4,5)64(60)42-54/h9-22,24,26-41,43-47H,8,23,25,42H2,1-7H3;7-22,24,26-39,41-43,45-46H,6,23,25,40H2,1-5H3. The Morgan fingerprint density at radius 3 is 0.879 bits per heavy atom. The first-order chi connectivity index (χ1) is 68.6. The lowest BCUT2D eigenvalue weighted by Crippen LogP contribution is -2.29. The number of aryl methyl sites for hydroxylation is 5. The number of hydrogen-bond donors (Lipinski definition) is 0. The number of fused-ring (bicyclic) bond motifs is 14. The lowest BCUT2D eigenvalue weighted by atomic mass is 9.67. The van der Waals surface area contributed by atoms with E-state index >= 15 is 0 Å². The highest BCUT2D eigenvalue weighted by molar-refractivity contribution is 5.94. The van der Waals surface area contributed by atoms with Gasteiger partial charge >= 0.3 is 0 Å². The molecule has 0 amide bonds. The molecule has 0 radical (unpaired) electrons. The van der Waals surface area contributed by atoms with Gasteiger partial charge in [0.15, 0.2) is 0 Å². The van der Waals surface area contributed by atoms with Gasteiger partial charge in [0.25, 0.3) is 0 Å². The van der Waals surface area contributed by atoms with Gasteiger partial charge in [-0.05, 0) is 370 Å². The predicted octanol–water partition coefficient (Wildman–Crippen LogP) is 36.4. The summed E-state index contributed by atoms with van der Waals surface area (Å²) in [7, 11) is 0. The summed E-state index contributed by atoms with van der Waals surface area (Å²) >= 11 is 0. The second kappa shape index (κ2) is 36.1. The van der Waals surface area contributed by atoms with Crippen LogP contribution in [0.25, 0.3) is 44.5 Å². The van der Waals surface area contributed by atoms with Crippen molar-refractivity contribution < 1.29 is 9.47 Å². The van der Waals surface area contributed by atoms with Crippen LogP contribution in [0.1, 0.15) is 248 Å². The van der Waals surface area contributed by atoms with Gasteiger partial charge in [0, 0.05) is 45.0 Å². The predicted molar refractivity (Wildman–Crippen MR) is 588 cm³/mol. The Bertz CT molecular complexity index is 7750. The summed E-state index contributed by atoms with van der Waals surface area (Å²) in [4.78, 5) is 4.90. The Hall–Kier alpha value is -14.8. The third-order valence-corrected chi connectivity index (χ3v) is 32.9. The van der Waals surface area contributed by atoms with Crippen LogP contribution in [0, 0.1) is 6.92 Å². The fourth-order valence-electron chi connectivity index (χ4n) is 24.8. The molecule has 0 saturated carbocycles. The third-order valence-electron chi connectivity index (χ3n) is 32.9. The average Bonchev–Trinajstić information content (AvgIpc) is 1.54. The van der Waals surface area contributed by atoms with Gasteiger partial charge in [-0.2, -0.15) is 0 Å². The SMILES string of the molecule is CCC(CC(C)c1ccc(Oc2ccc(C3(c4ccc(C(C)(C)C)cc4)c4ccccc4-c4ccc(N(c5ccccc5)c5ccc6c(c5)C(C)(C)c5ccccc5-6)cc43)cc2)cc1)c1ccc2c(c1)CC2.CCC(CC(C)c1ccc(Oc2ccc(C3(c4ccc(C)cc4)c4ccccc4-c4ccc(N(c5ccccc5)c5ccc6c(c5)C(C)(C)c5ccccc5-6)cc43)cc2)cc1)c1ccc2c(c1)CC2. The minimum Gasteiger partial charge on any atom is -0.457 e. The summed E-state index contributed by atoms with van der Waals surface area (Å²) in [6.45, 7) is 27.9. The van der Waals surface area contributed by atoms with Crippen LogP contribution in [0.15, 0.2) is 413 Å². The number of ether oxygens (including phenoxy) is 2. The van der Waals surface area contributed by atoms with E-state index in [9.17, 15) is 0 Å². The smallest absolute Gasteiger partial charge is 0.127 e. The van der Waals surface area contributed by atoms with E-state index in [1.54, 1.807) is 11.1 Å². The van der Waals surface area contributed by atoms with Gasteiger partial charge in [0.2, 0.25) is 0 Å². The van der Waals surface area contributed by atoms with E-state index in [0.717, 1.165) is 82.8 Å². The molecule has 24 rings (SSSR count). The van der Waals surface area contributed by atoms with Crippen molar-refractivity contribution in [3.05, 3.63) is 535 Å². The number of nitrogens with zero attached hydrogens (tertiary/aromatic N) is 2. The number of para-hydroxylation sites is 2. The van der Waals surface area contributed by atoms with Gasteiger partial charge in [0.1, 0.15) is 23.0 Å². The Balaban J connectivity index is 0.000000157. The molecule has 18 aromatic carbocycles. The molecular weight excluding hydrogens is 1710 g/mol. The molecule has 4 nitrogen and oxygen atoms in total. The fraction of sp³-hybridized carbons (Fsp3) is 0.212. The molecule has 0 heterocycles. The Labute approximate surface area is 835 Å². The average molecular weight is 1830 g/mol. The molecule has 0 aromatic heterocycles. The molecule has 0 N–H and O–H groups in total.